The molecule has 0 aromatic heterocycles. The Bertz CT molecular complexity index is 392. The van der Waals surface area contributed by atoms with E-state index in [2.05, 4.69) is 48.0 Å². The molecule has 2 N–H and O–H groups in total. The van der Waals surface area contributed by atoms with Crippen LogP contribution in [0.1, 0.15) is 37.3 Å². The van der Waals surface area contributed by atoms with Crippen molar-refractivity contribution in [3.8, 4) is 0 Å². The number of nitrogens with two attached hydrogens (primary N) is 1. The second kappa shape index (κ2) is 5.09. The maximum Gasteiger partial charge on any atom is 0.0535 e. The van der Waals surface area contributed by atoms with E-state index in [1.807, 2.05) is 0 Å². The SMILES string of the molecule is CC(C)(N)Cc1ccc(C2CCOC2)c(Br)c1. The van der Waals surface area contributed by atoms with Crippen LogP contribution >= 0.6 is 15.9 Å². The summed E-state index contributed by atoms with van der Waals surface area (Å²) in [5.74, 6) is 0.546. The van der Waals surface area contributed by atoms with E-state index in [0.717, 1.165) is 26.1 Å². The molecule has 1 aromatic carbocycles. The van der Waals surface area contributed by atoms with Gasteiger partial charge in [-0.15, -0.1) is 0 Å². The Kier molecular flexibility index (Phi) is 3.91. The molecule has 94 valence electrons. The van der Waals surface area contributed by atoms with Gasteiger partial charge in [0.15, 0.2) is 0 Å². The van der Waals surface area contributed by atoms with Gasteiger partial charge in [0.05, 0.1) is 6.61 Å². The van der Waals surface area contributed by atoms with Gasteiger partial charge in [-0.05, 0) is 43.9 Å². The van der Waals surface area contributed by atoms with Crippen LogP contribution in [0.5, 0.6) is 0 Å². The van der Waals surface area contributed by atoms with Crippen LogP contribution in [0.25, 0.3) is 0 Å². The van der Waals surface area contributed by atoms with E-state index in [9.17, 15) is 0 Å². The molecule has 1 aliphatic heterocycles. The summed E-state index contributed by atoms with van der Waals surface area (Å²) in [4.78, 5) is 0. The molecule has 17 heavy (non-hydrogen) atoms. The standard InChI is InChI=1S/C14H20BrNO/c1-14(2,16)8-10-3-4-12(13(15)7-10)11-5-6-17-9-11/h3-4,7,11H,5-6,8-9,16H2,1-2H3. The molecule has 1 saturated heterocycles. The summed E-state index contributed by atoms with van der Waals surface area (Å²) >= 11 is 3.67. The van der Waals surface area contributed by atoms with E-state index < -0.39 is 0 Å². The third-order valence-corrected chi connectivity index (χ3v) is 3.78. The minimum absolute atomic E-state index is 0.155. The molecule has 0 bridgehead atoms. The molecule has 0 spiro atoms. The minimum atomic E-state index is -0.155. The predicted octanol–water partition coefficient (Wildman–Crippen LogP) is 3.23. The lowest BCUT2D eigenvalue weighted by Crippen LogP contribution is -2.34. The van der Waals surface area contributed by atoms with Gasteiger partial charge in [-0.2, -0.15) is 0 Å². The number of benzene rings is 1. The van der Waals surface area contributed by atoms with Gasteiger partial charge >= 0.3 is 0 Å². The monoisotopic (exact) mass is 297 g/mol. The van der Waals surface area contributed by atoms with Crippen molar-refractivity contribution in [2.45, 2.75) is 38.1 Å². The molecule has 3 heteroatoms. The number of rotatable bonds is 3. The molecule has 1 aromatic rings. The smallest absolute Gasteiger partial charge is 0.0535 e. The Morgan fingerprint density at radius 2 is 2.24 bits per heavy atom. The molecule has 1 fully saturated rings. The Hall–Kier alpha value is -0.380. The average Bonchev–Trinajstić information content (AvgIpc) is 2.68. The zero-order chi connectivity index (χ0) is 12.5. The summed E-state index contributed by atoms with van der Waals surface area (Å²) < 4.78 is 6.63. The maximum atomic E-state index is 6.04. The highest BCUT2D eigenvalue weighted by Gasteiger charge is 2.20. The summed E-state index contributed by atoms with van der Waals surface area (Å²) in [5, 5.41) is 0. The molecule has 1 heterocycles. The lowest BCUT2D eigenvalue weighted by Gasteiger charge is -2.19. The van der Waals surface area contributed by atoms with E-state index in [4.69, 9.17) is 10.5 Å². The van der Waals surface area contributed by atoms with E-state index in [1.165, 1.54) is 15.6 Å². The third-order valence-electron chi connectivity index (χ3n) is 3.09. The van der Waals surface area contributed by atoms with Gasteiger partial charge in [-0.25, -0.2) is 0 Å². The van der Waals surface area contributed by atoms with Crippen molar-refractivity contribution in [1.29, 1.82) is 0 Å². The van der Waals surface area contributed by atoms with Gasteiger partial charge in [0.25, 0.3) is 0 Å². The van der Waals surface area contributed by atoms with E-state index in [-0.39, 0.29) is 5.54 Å². The number of halogens is 1. The zero-order valence-corrected chi connectivity index (χ0v) is 12.1. The molecule has 0 radical (unpaired) electrons. The van der Waals surface area contributed by atoms with Crippen molar-refractivity contribution in [3.63, 3.8) is 0 Å². The molecule has 1 unspecified atom stereocenters. The van der Waals surface area contributed by atoms with Crippen molar-refractivity contribution in [2.24, 2.45) is 5.73 Å². The van der Waals surface area contributed by atoms with Crippen LogP contribution in [0.3, 0.4) is 0 Å². The fraction of sp³-hybridized carbons (Fsp3) is 0.571. The molecule has 2 rings (SSSR count). The number of hydrogen-bond acceptors (Lipinski definition) is 2. The van der Waals surface area contributed by atoms with Gasteiger partial charge in [0.1, 0.15) is 0 Å². The van der Waals surface area contributed by atoms with Gasteiger partial charge < -0.3 is 10.5 Å². The van der Waals surface area contributed by atoms with Crippen LogP contribution in [-0.4, -0.2) is 18.8 Å². The van der Waals surface area contributed by atoms with Crippen LogP contribution in [0.15, 0.2) is 22.7 Å². The van der Waals surface area contributed by atoms with Crippen molar-refractivity contribution in [2.75, 3.05) is 13.2 Å². The van der Waals surface area contributed by atoms with Gasteiger partial charge in [0, 0.05) is 22.5 Å². The molecule has 1 aliphatic rings. The third kappa shape index (κ3) is 3.54. The summed E-state index contributed by atoms with van der Waals surface area (Å²) in [5.41, 5.74) is 8.53. The van der Waals surface area contributed by atoms with Crippen LogP contribution < -0.4 is 5.73 Å². The normalized spacial score (nSPS) is 20.8. The quantitative estimate of drug-likeness (QED) is 0.930. The number of ether oxygens (including phenoxy) is 1. The summed E-state index contributed by atoms with van der Waals surface area (Å²) in [7, 11) is 0. The molecular weight excluding hydrogens is 278 g/mol. The minimum Gasteiger partial charge on any atom is -0.381 e. The lowest BCUT2D eigenvalue weighted by molar-refractivity contribution is 0.194. The Morgan fingerprint density at radius 1 is 1.47 bits per heavy atom. The fourth-order valence-electron chi connectivity index (χ4n) is 2.32. The predicted molar refractivity (Wildman–Crippen MR) is 74.3 cm³/mol. The second-order valence-corrected chi connectivity index (χ2v) is 6.44. The summed E-state index contributed by atoms with van der Waals surface area (Å²) in [6.45, 7) is 5.84. The molecule has 2 nitrogen and oxygen atoms in total. The van der Waals surface area contributed by atoms with Crippen LogP contribution in [0.2, 0.25) is 0 Å². The summed E-state index contributed by atoms with van der Waals surface area (Å²) in [6, 6.07) is 6.60. The van der Waals surface area contributed by atoms with Crippen molar-refractivity contribution in [1.82, 2.24) is 0 Å². The van der Waals surface area contributed by atoms with E-state index in [1.54, 1.807) is 0 Å². The first-order valence-electron chi connectivity index (χ1n) is 6.11. The molecule has 0 amide bonds. The van der Waals surface area contributed by atoms with Crippen molar-refractivity contribution >= 4 is 15.9 Å². The Balaban J connectivity index is 2.16. The molecule has 0 saturated carbocycles. The van der Waals surface area contributed by atoms with Gasteiger partial charge in [-0.3, -0.25) is 0 Å². The van der Waals surface area contributed by atoms with Gasteiger partial charge in [-0.1, -0.05) is 28.1 Å². The van der Waals surface area contributed by atoms with Crippen molar-refractivity contribution < 1.29 is 4.74 Å². The molecule has 0 aliphatic carbocycles. The highest BCUT2D eigenvalue weighted by atomic mass is 79.9. The number of hydrogen-bond donors (Lipinski definition) is 1. The highest BCUT2D eigenvalue weighted by Crippen LogP contribution is 2.32. The van der Waals surface area contributed by atoms with Crippen LogP contribution in [0, 0.1) is 0 Å². The Morgan fingerprint density at radius 3 is 2.76 bits per heavy atom. The van der Waals surface area contributed by atoms with E-state index >= 15 is 0 Å². The first kappa shape index (κ1) is 13.1. The second-order valence-electron chi connectivity index (χ2n) is 5.58. The Labute approximate surface area is 112 Å². The van der Waals surface area contributed by atoms with Crippen LogP contribution in [0.4, 0.5) is 0 Å². The fourth-order valence-corrected chi connectivity index (χ4v) is 3.07. The zero-order valence-electron chi connectivity index (χ0n) is 10.5. The highest BCUT2D eigenvalue weighted by molar-refractivity contribution is 9.10. The van der Waals surface area contributed by atoms with Crippen molar-refractivity contribution in [3.05, 3.63) is 33.8 Å². The van der Waals surface area contributed by atoms with E-state index in [0.29, 0.717) is 5.92 Å². The molecule has 1 atom stereocenters. The van der Waals surface area contributed by atoms with Crippen LogP contribution in [-0.2, 0) is 11.2 Å². The first-order chi connectivity index (χ1) is 7.96. The lowest BCUT2D eigenvalue weighted by atomic mass is 9.93. The maximum absolute atomic E-state index is 6.04. The van der Waals surface area contributed by atoms with Gasteiger partial charge in [0.2, 0.25) is 0 Å². The summed E-state index contributed by atoms with van der Waals surface area (Å²) in [6.07, 6.45) is 2.02. The largest absolute Gasteiger partial charge is 0.381 e. The topological polar surface area (TPSA) is 35.2 Å². The molecular formula is C14H20BrNO. The first-order valence-corrected chi connectivity index (χ1v) is 6.90. The average molecular weight is 298 g/mol.